The van der Waals surface area contributed by atoms with Gasteiger partial charge in [0.2, 0.25) is 0 Å². The molecule has 0 heterocycles. The van der Waals surface area contributed by atoms with Gasteiger partial charge < -0.3 is 10.1 Å². The van der Waals surface area contributed by atoms with Crippen LogP contribution in [-0.4, -0.2) is 11.9 Å². The van der Waals surface area contributed by atoms with Crippen LogP contribution in [-0.2, 0) is 0 Å². The summed E-state index contributed by atoms with van der Waals surface area (Å²) < 4.78 is 5.41. The summed E-state index contributed by atoms with van der Waals surface area (Å²) in [6.45, 7) is 0. The summed E-state index contributed by atoms with van der Waals surface area (Å²) in [5.41, 5.74) is 1.24. The van der Waals surface area contributed by atoms with Gasteiger partial charge in [0.05, 0.1) is 11.3 Å². The van der Waals surface area contributed by atoms with Gasteiger partial charge in [0.25, 0.3) is 5.91 Å². The third kappa shape index (κ3) is 4.25. The van der Waals surface area contributed by atoms with Crippen LogP contribution in [0.25, 0.3) is 0 Å². The molecule has 0 fully saturated rings. The van der Waals surface area contributed by atoms with Gasteiger partial charge in [0, 0.05) is 10.6 Å². The summed E-state index contributed by atoms with van der Waals surface area (Å²) in [7, 11) is 0. The number of amides is 1. The maximum atomic E-state index is 12.4. The summed E-state index contributed by atoms with van der Waals surface area (Å²) in [5.74, 6) is -0.567. The first-order chi connectivity index (χ1) is 12.1. The number of anilines is 1. The highest BCUT2D eigenvalue weighted by atomic mass is 35.5. The second kappa shape index (κ2) is 7.64. The number of rotatable bonds is 4. The fourth-order valence-corrected chi connectivity index (χ4v) is 2.41. The molecule has 124 valence electrons. The van der Waals surface area contributed by atoms with Crippen LogP contribution in [0.1, 0.15) is 20.7 Å². The molecule has 4 nitrogen and oxygen atoms in total. The van der Waals surface area contributed by atoms with Gasteiger partial charge in [-0.05, 0) is 42.5 Å². The first-order valence-corrected chi connectivity index (χ1v) is 7.94. The van der Waals surface area contributed by atoms with Crippen molar-refractivity contribution < 1.29 is 14.3 Å². The Bertz CT molecular complexity index is 910. The topological polar surface area (TPSA) is 55.4 Å². The predicted octanol–water partition coefficient (Wildman–Crippen LogP) is 4.81. The molecule has 0 saturated carbocycles. The van der Waals surface area contributed by atoms with Crippen LogP contribution >= 0.6 is 11.6 Å². The zero-order valence-corrected chi connectivity index (χ0v) is 13.9. The molecule has 0 unspecified atom stereocenters. The Morgan fingerprint density at radius 3 is 2.24 bits per heavy atom. The zero-order chi connectivity index (χ0) is 17.6. The van der Waals surface area contributed by atoms with Crippen LogP contribution in [0.3, 0.4) is 0 Å². The van der Waals surface area contributed by atoms with Gasteiger partial charge in [-0.3, -0.25) is 4.79 Å². The lowest BCUT2D eigenvalue weighted by Crippen LogP contribution is -2.14. The van der Waals surface area contributed by atoms with E-state index in [0.717, 1.165) is 0 Å². The minimum absolute atomic E-state index is 0.270. The molecule has 25 heavy (non-hydrogen) atoms. The monoisotopic (exact) mass is 351 g/mol. The lowest BCUT2D eigenvalue weighted by atomic mass is 10.2. The number of halogens is 1. The average Bonchev–Trinajstić information content (AvgIpc) is 2.64. The molecule has 0 aliphatic heterocycles. The summed E-state index contributed by atoms with van der Waals surface area (Å²) >= 11 is 5.91. The number of nitrogens with one attached hydrogen (secondary N) is 1. The Kier molecular flexibility index (Phi) is 5.11. The summed E-state index contributed by atoms with van der Waals surface area (Å²) in [6, 6.07) is 22.0. The molecule has 0 saturated heterocycles. The zero-order valence-electron chi connectivity index (χ0n) is 13.1. The minimum atomic E-state index is -0.495. The Labute approximate surface area is 150 Å². The maximum absolute atomic E-state index is 12.4. The van der Waals surface area contributed by atoms with Crippen molar-refractivity contribution in [3.63, 3.8) is 0 Å². The van der Waals surface area contributed by atoms with E-state index in [1.807, 2.05) is 6.07 Å². The Morgan fingerprint density at radius 2 is 1.48 bits per heavy atom. The largest absolute Gasteiger partial charge is 0.421 e. The van der Waals surface area contributed by atoms with E-state index in [-0.39, 0.29) is 11.7 Å². The van der Waals surface area contributed by atoms with Gasteiger partial charge >= 0.3 is 5.97 Å². The number of carbonyl (C=O) groups excluding carboxylic acids is 2. The van der Waals surface area contributed by atoms with Gasteiger partial charge in [0.1, 0.15) is 0 Å². The number of benzene rings is 3. The lowest BCUT2D eigenvalue weighted by Gasteiger charge is -2.11. The number of para-hydroxylation sites is 2. The fraction of sp³-hybridized carbons (Fsp3) is 0. The van der Waals surface area contributed by atoms with E-state index >= 15 is 0 Å². The molecule has 3 aromatic rings. The Hall–Kier alpha value is -3.11. The van der Waals surface area contributed by atoms with Gasteiger partial charge in [-0.1, -0.05) is 48.0 Å². The van der Waals surface area contributed by atoms with E-state index in [1.165, 1.54) is 0 Å². The van der Waals surface area contributed by atoms with Crippen molar-refractivity contribution in [2.75, 3.05) is 5.32 Å². The van der Waals surface area contributed by atoms with E-state index in [1.54, 1.807) is 72.8 Å². The molecule has 0 aromatic heterocycles. The second-order valence-electron chi connectivity index (χ2n) is 5.22. The van der Waals surface area contributed by atoms with Crippen molar-refractivity contribution in [1.29, 1.82) is 0 Å². The standard InChI is InChI=1S/C20H14ClNO3/c21-16-10-6-9-15(13-16)19(23)22-17-11-4-5-12-18(17)25-20(24)14-7-2-1-3-8-14/h1-13H,(H,22,23). The third-order valence-corrected chi connectivity index (χ3v) is 3.67. The first kappa shape index (κ1) is 16.7. The molecular formula is C20H14ClNO3. The van der Waals surface area contributed by atoms with Crippen molar-refractivity contribution in [3.05, 3.63) is 95.0 Å². The first-order valence-electron chi connectivity index (χ1n) is 7.56. The average molecular weight is 352 g/mol. The number of esters is 1. The molecule has 5 heteroatoms. The van der Waals surface area contributed by atoms with Crippen LogP contribution < -0.4 is 10.1 Å². The molecule has 1 amide bonds. The summed E-state index contributed by atoms with van der Waals surface area (Å²) in [4.78, 5) is 24.6. The highest BCUT2D eigenvalue weighted by Gasteiger charge is 2.14. The van der Waals surface area contributed by atoms with Crippen LogP contribution in [0.4, 0.5) is 5.69 Å². The molecule has 0 spiro atoms. The Morgan fingerprint density at radius 1 is 0.800 bits per heavy atom. The number of hydrogen-bond acceptors (Lipinski definition) is 3. The minimum Gasteiger partial charge on any atom is -0.421 e. The maximum Gasteiger partial charge on any atom is 0.343 e. The molecule has 3 rings (SSSR count). The van der Waals surface area contributed by atoms with Crippen LogP contribution in [0.5, 0.6) is 5.75 Å². The molecule has 0 bridgehead atoms. The van der Waals surface area contributed by atoms with E-state index in [4.69, 9.17) is 16.3 Å². The van der Waals surface area contributed by atoms with E-state index in [0.29, 0.717) is 21.8 Å². The number of ether oxygens (including phenoxy) is 1. The molecule has 3 aromatic carbocycles. The molecule has 0 aliphatic carbocycles. The van der Waals surface area contributed by atoms with Gasteiger partial charge in [-0.15, -0.1) is 0 Å². The molecular weight excluding hydrogens is 338 g/mol. The van der Waals surface area contributed by atoms with Crippen molar-refractivity contribution >= 4 is 29.2 Å². The van der Waals surface area contributed by atoms with Crippen molar-refractivity contribution in [2.45, 2.75) is 0 Å². The van der Waals surface area contributed by atoms with Gasteiger partial charge in [-0.2, -0.15) is 0 Å². The Balaban J connectivity index is 1.79. The molecule has 1 N–H and O–H groups in total. The summed E-state index contributed by atoms with van der Waals surface area (Å²) in [5, 5.41) is 3.20. The van der Waals surface area contributed by atoms with E-state index in [9.17, 15) is 9.59 Å². The SMILES string of the molecule is O=C(Nc1ccccc1OC(=O)c1ccccc1)c1cccc(Cl)c1. The van der Waals surface area contributed by atoms with Crippen molar-refractivity contribution in [1.82, 2.24) is 0 Å². The van der Waals surface area contributed by atoms with Crippen molar-refractivity contribution in [2.24, 2.45) is 0 Å². The van der Waals surface area contributed by atoms with Crippen LogP contribution in [0.2, 0.25) is 5.02 Å². The van der Waals surface area contributed by atoms with Crippen LogP contribution in [0.15, 0.2) is 78.9 Å². The molecule has 0 radical (unpaired) electrons. The van der Waals surface area contributed by atoms with E-state index < -0.39 is 5.97 Å². The normalized spacial score (nSPS) is 10.1. The van der Waals surface area contributed by atoms with Crippen molar-refractivity contribution in [3.8, 4) is 5.75 Å². The fourth-order valence-electron chi connectivity index (χ4n) is 2.22. The lowest BCUT2D eigenvalue weighted by molar-refractivity contribution is 0.0734. The highest BCUT2D eigenvalue weighted by molar-refractivity contribution is 6.31. The highest BCUT2D eigenvalue weighted by Crippen LogP contribution is 2.25. The third-order valence-electron chi connectivity index (χ3n) is 3.43. The molecule has 0 atom stereocenters. The van der Waals surface area contributed by atoms with Crippen LogP contribution in [0, 0.1) is 0 Å². The second-order valence-corrected chi connectivity index (χ2v) is 5.65. The van der Waals surface area contributed by atoms with Gasteiger partial charge in [-0.25, -0.2) is 4.79 Å². The van der Waals surface area contributed by atoms with E-state index in [2.05, 4.69) is 5.32 Å². The summed E-state index contributed by atoms with van der Waals surface area (Å²) in [6.07, 6.45) is 0. The quantitative estimate of drug-likeness (QED) is 0.542. The van der Waals surface area contributed by atoms with Gasteiger partial charge in [0.15, 0.2) is 5.75 Å². The predicted molar refractivity (Wildman–Crippen MR) is 97.2 cm³/mol. The molecule has 0 aliphatic rings. The smallest absolute Gasteiger partial charge is 0.343 e. The number of hydrogen-bond donors (Lipinski definition) is 1. The number of carbonyl (C=O) groups is 2.